The molecule has 0 aliphatic carbocycles. The lowest BCUT2D eigenvalue weighted by molar-refractivity contribution is -0.139. The quantitative estimate of drug-likeness (QED) is 0.824. The van der Waals surface area contributed by atoms with Crippen LogP contribution < -0.4 is 5.32 Å². The van der Waals surface area contributed by atoms with Gasteiger partial charge >= 0.3 is 5.97 Å². The number of rotatable bonds is 6. The van der Waals surface area contributed by atoms with Gasteiger partial charge < -0.3 is 15.2 Å². The maximum absolute atomic E-state index is 12.0. The number of carboxylic acids is 1. The molecule has 0 aliphatic rings. The second-order valence-electron chi connectivity index (χ2n) is 4.38. The Morgan fingerprint density at radius 3 is 2.68 bits per heavy atom. The monoisotopic (exact) mass is 286 g/mol. The second kappa shape index (κ2) is 6.49. The van der Waals surface area contributed by atoms with E-state index < -0.39 is 17.4 Å². The van der Waals surface area contributed by atoms with Crippen molar-refractivity contribution < 1.29 is 19.4 Å². The normalized spacial score (nSPS) is 13.6. The number of nitrogens with one attached hydrogen (secondary N) is 1. The van der Waals surface area contributed by atoms with Crippen LogP contribution in [0.3, 0.4) is 0 Å². The number of carbonyl (C=O) groups is 2. The number of hydrogen-bond donors (Lipinski definition) is 2. The third-order valence-corrected chi connectivity index (χ3v) is 2.60. The van der Waals surface area contributed by atoms with Gasteiger partial charge in [-0.25, -0.2) is 4.98 Å². The highest BCUT2D eigenvalue weighted by molar-refractivity contribution is 6.30. The third-order valence-electron chi connectivity index (χ3n) is 2.38. The number of aromatic nitrogens is 1. The summed E-state index contributed by atoms with van der Waals surface area (Å²) in [5.41, 5.74) is -0.837. The zero-order valence-corrected chi connectivity index (χ0v) is 11.4. The fraction of sp³-hybridized carbons (Fsp3) is 0.417. The highest BCUT2D eigenvalue weighted by atomic mass is 35.5. The van der Waals surface area contributed by atoms with Crippen LogP contribution in [-0.4, -0.2) is 41.2 Å². The molecule has 0 fully saturated rings. The number of carboxylic acid groups (broad SMARTS) is 1. The second-order valence-corrected chi connectivity index (χ2v) is 4.82. The molecule has 6 nitrogen and oxygen atoms in total. The molecule has 1 heterocycles. The van der Waals surface area contributed by atoms with Gasteiger partial charge in [0.2, 0.25) is 0 Å². The molecule has 1 atom stereocenters. The van der Waals surface area contributed by atoms with E-state index in [9.17, 15) is 9.59 Å². The SMILES string of the molecule is COCC(C)(CC(=O)O)NC(=O)c1ccc(Cl)cn1. The lowest BCUT2D eigenvalue weighted by atomic mass is 9.98. The highest BCUT2D eigenvalue weighted by Gasteiger charge is 2.30. The fourth-order valence-corrected chi connectivity index (χ4v) is 1.74. The lowest BCUT2D eigenvalue weighted by Crippen LogP contribution is -2.50. The summed E-state index contributed by atoms with van der Waals surface area (Å²) in [6.45, 7) is 1.68. The van der Waals surface area contributed by atoms with Gasteiger partial charge in [0.05, 0.1) is 23.6 Å². The van der Waals surface area contributed by atoms with Crippen molar-refractivity contribution in [2.24, 2.45) is 0 Å². The van der Waals surface area contributed by atoms with E-state index in [2.05, 4.69) is 10.3 Å². The van der Waals surface area contributed by atoms with Gasteiger partial charge in [0.15, 0.2) is 0 Å². The van der Waals surface area contributed by atoms with Crippen LogP contribution in [0, 0.1) is 0 Å². The Hall–Kier alpha value is -1.66. The largest absolute Gasteiger partial charge is 0.481 e. The molecule has 104 valence electrons. The zero-order chi connectivity index (χ0) is 14.5. The predicted octanol–water partition coefficient (Wildman–Crippen LogP) is 1.34. The standard InChI is InChI=1S/C12H15ClN2O4/c1-12(7-19-2,5-10(16)17)15-11(18)9-4-3-8(13)6-14-9/h3-4,6H,5,7H2,1-2H3,(H,15,18)(H,16,17). The summed E-state index contributed by atoms with van der Waals surface area (Å²) in [7, 11) is 1.44. The van der Waals surface area contributed by atoms with Crippen LogP contribution in [0.4, 0.5) is 0 Å². The smallest absolute Gasteiger partial charge is 0.305 e. The molecule has 0 spiro atoms. The molecule has 2 N–H and O–H groups in total. The van der Waals surface area contributed by atoms with Crippen LogP contribution in [0.15, 0.2) is 18.3 Å². The number of hydrogen-bond acceptors (Lipinski definition) is 4. The third kappa shape index (κ3) is 4.84. The van der Waals surface area contributed by atoms with E-state index >= 15 is 0 Å². The van der Waals surface area contributed by atoms with Crippen molar-refractivity contribution in [1.29, 1.82) is 0 Å². The average Bonchev–Trinajstić information content (AvgIpc) is 2.28. The first kappa shape index (κ1) is 15.4. The Morgan fingerprint density at radius 2 is 2.21 bits per heavy atom. The van der Waals surface area contributed by atoms with Crippen molar-refractivity contribution in [1.82, 2.24) is 10.3 Å². The molecule has 1 unspecified atom stereocenters. The topological polar surface area (TPSA) is 88.5 Å². The highest BCUT2D eigenvalue weighted by Crippen LogP contribution is 2.12. The van der Waals surface area contributed by atoms with Gasteiger partial charge in [-0.1, -0.05) is 11.6 Å². The molecule has 19 heavy (non-hydrogen) atoms. The number of nitrogens with zero attached hydrogens (tertiary/aromatic N) is 1. The number of aliphatic carboxylic acids is 1. The lowest BCUT2D eigenvalue weighted by Gasteiger charge is -2.28. The molecular weight excluding hydrogens is 272 g/mol. The first-order valence-electron chi connectivity index (χ1n) is 5.51. The van der Waals surface area contributed by atoms with E-state index in [0.29, 0.717) is 5.02 Å². The van der Waals surface area contributed by atoms with Crippen LogP contribution in [0.1, 0.15) is 23.8 Å². The van der Waals surface area contributed by atoms with Gasteiger partial charge in [0.25, 0.3) is 5.91 Å². The van der Waals surface area contributed by atoms with Gasteiger partial charge in [-0.3, -0.25) is 9.59 Å². The summed E-state index contributed by atoms with van der Waals surface area (Å²) in [5, 5.41) is 11.9. The van der Waals surface area contributed by atoms with E-state index in [1.165, 1.54) is 25.4 Å². The minimum absolute atomic E-state index is 0.0820. The average molecular weight is 287 g/mol. The van der Waals surface area contributed by atoms with Gasteiger partial charge in [0.1, 0.15) is 5.69 Å². The van der Waals surface area contributed by atoms with Crippen molar-refractivity contribution >= 4 is 23.5 Å². The molecule has 1 aromatic rings. The molecule has 7 heteroatoms. The summed E-state index contributed by atoms with van der Waals surface area (Å²) >= 11 is 5.68. The molecule has 0 saturated heterocycles. The Labute approximate surface area is 115 Å². The maximum Gasteiger partial charge on any atom is 0.305 e. The van der Waals surface area contributed by atoms with Gasteiger partial charge in [-0.05, 0) is 19.1 Å². The number of amides is 1. The summed E-state index contributed by atoms with van der Waals surface area (Å²) in [4.78, 5) is 26.6. The van der Waals surface area contributed by atoms with Crippen LogP contribution >= 0.6 is 11.6 Å². The molecule has 0 radical (unpaired) electrons. The molecule has 0 saturated carbocycles. The Kier molecular flexibility index (Phi) is 5.26. The maximum atomic E-state index is 12.0. The Balaban J connectivity index is 2.81. The zero-order valence-electron chi connectivity index (χ0n) is 10.6. The Morgan fingerprint density at radius 1 is 1.53 bits per heavy atom. The molecule has 0 bridgehead atoms. The van der Waals surface area contributed by atoms with Crippen molar-refractivity contribution in [3.63, 3.8) is 0 Å². The van der Waals surface area contributed by atoms with E-state index in [4.69, 9.17) is 21.4 Å². The summed E-state index contributed by atoms with van der Waals surface area (Å²) in [6, 6.07) is 3.00. The number of pyridine rings is 1. The van der Waals surface area contributed by atoms with Crippen molar-refractivity contribution in [3.05, 3.63) is 29.0 Å². The summed E-state index contributed by atoms with van der Waals surface area (Å²) < 4.78 is 4.94. The first-order chi connectivity index (χ1) is 8.86. The van der Waals surface area contributed by atoms with Crippen LogP contribution in [0.25, 0.3) is 0 Å². The van der Waals surface area contributed by atoms with Crippen LogP contribution in [0.2, 0.25) is 5.02 Å². The van der Waals surface area contributed by atoms with Gasteiger partial charge in [-0.2, -0.15) is 0 Å². The van der Waals surface area contributed by atoms with Crippen molar-refractivity contribution in [3.8, 4) is 0 Å². The number of methoxy groups -OCH3 is 1. The van der Waals surface area contributed by atoms with Crippen LogP contribution in [-0.2, 0) is 9.53 Å². The molecular formula is C12H15ClN2O4. The molecule has 0 aliphatic heterocycles. The van der Waals surface area contributed by atoms with Gasteiger partial charge in [0, 0.05) is 13.3 Å². The molecule has 0 aromatic carbocycles. The van der Waals surface area contributed by atoms with E-state index in [-0.39, 0.29) is 18.7 Å². The fourth-order valence-electron chi connectivity index (χ4n) is 1.63. The first-order valence-corrected chi connectivity index (χ1v) is 5.89. The summed E-state index contributed by atoms with van der Waals surface area (Å²) in [5.74, 6) is -1.50. The number of carbonyl (C=O) groups excluding carboxylic acids is 1. The number of halogens is 1. The Bertz CT molecular complexity index is 463. The predicted molar refractivity (Wildman–Crippen MR) is 69.2 cm³/mol. The number of ether oxygens (including phenoxy) is 1. The van der Waals surface area contributed by atoms with E-state index in [1.807, 2.05) is 0 Å². The van der Waals surface area contributed by atoms with Crippen molar-refractivity contribution in [2.45, 2.75) is 18.9 Å². The van der Waals surface area contributed by atoms with E-state index in [1.54, 1.807) is 6.92 Å². The van der Waals surface area contributed by atoms with E-state index in [0.717, 1.165) is 0 Å². The summed E-state index contributed by atoms with van der Waals surface area (Å²) in [6.07, 6.45) is 1.10. The van der Waals surface area contributed by atoms with Crippen molar-refractivity contribution in [2.75, 3.05) is 13.7 Å². The molecule has 1 amide bonds. The molecule has 1 aromatic heterocycles. The minimum Gasteiger partial charge on any atom is -0.481 e. The minimum atomic E-state index is -1.02. The molecule has 1 rings (SSSR count). The van der Waals surface area contributed by atoms with Crippen LogP contribution in [0.5, 0.6) is 0 Å². The van der Waals surface area contributed by atoms with Gasteiger partial charge in [-0.15, -0.1) is 0 Å².